The molecule has 4 N–H and O–H groups in total. The maximum absolute atomic E-state index is 11.6. The molecule has 0 bridgehead atoms. The van der Waals surface area contributed by atoms with Gasteiger partial charge >= 0.3 is 10.2 Å². The number of thiazole rings is 1. The Labute approximate surface area is 106 Å². The van der Waals surface area contributed by atoms with Gasteiger partial charge in [-0.05, 0) is 12.8 Å². The van der Waals surface area contributed by atoms with Crippen molar-refractivity contribution in [3.05, 3.63) is 11.1 Å². The summed E-state index contributed by atoms with van der Waals surface area (Å²) in [7, 11) is -3.53. The van der Waals surface area contributed by atoms with E-state index in [1.807, 2.05) is 13.8 Å². The maximum Gasteiger partial charge on any atom is 0.300 e. The van der Waals surface area contributed by atoms with Gasteiger partial charge in [-0.15, -0.1) is 11.3 Å². The van der Waals surface area contributed by atoms with E-state index in [9.17, 15) is 8.42 Å². The summed E-state index contributed by atoms with van der Waals surface area (Å²) in [5.74, 6) is 0.252. The van der Waals surface area contributed by atoms with Gasteiger partial charge in [-0.25, -0.2) is 9.71 Å². The Morgan fingerprint density at radius 1 is 1.47 bits per heavy atom. The molecule has 0 aliphatic rings. The zero-order chi connectivity index (χ0) is 13.1. The van der Waals surface area contributed by atoms with Crippen LogP contribution < -0.4 is 15.2 Å². The van der Waals surface area contributed by atoms with Crippen LogP contribution in [-0.2, 0) is 10.2 Å². The fourth-order valence-corrected chi connectivity index (χ4v) is 3.05. The highest BCUT2D eigenvalue weighted by atomic mass is 32.2. The third kappa shape index (κ3) is 4.99. The van der Waals surface area contributed by atoms with Crippen LogP contribution in [0.1, 0.15) is 32.5 Å². The van der Waals surface area contributed by atoms with Crippen molar-refractivity contribution in [1.82, 2.24) is 9.71 Å². The van der Waals surface area contributed by atoms with Gasteiger partial charge in [0.1, 0.15) is 0 Å². The summed E-state index contributed by atoms with van der Waals surface area (Å²) >= 11 is 1.22. The Hall–Kier alpha value is -0.700. The van der Waals surface area contributed by atoms with Crippen LogP contribution in [0.3, 0.4) is 0 Å². The van der Waals surface area contributed by atoms with Crippen molar-refractivity contribution < 1.29 is 8.42 Å². The number of nitrogens with zero attached hydrogens (tertiary/aromatic N) is 1. The number of nitrogens with two attached hydrogens (primary N) is 1. The van der Waals surface area contributed by atoms with Gasteiger partial charge in [0.15, 0.2) is 5.13 Å². The average molecular weight is 278 g/mol. The first kappa shape index (κ1) is 14.4. The van der Waals surface area contributed by atoms with Crippen molar-refractivity contribution in [2.24, 2.45) is 11.7 Å². The van der Waals surface area contributed by atoms with E-state index in [1.165, 1.54) is 11.3 Å². The lowest BCUT2D eigenvalue weighted by Crippen LogP contribution is -2.32. The van der Waals surface area contributed by atoms with Crippen molar-refractivity contribution in [3.63, 3.8) is 0 Å². The summed E-state index contributed by atoms with van der Waals surface area (Å²) in [5.41, 5.74) is 6.32. The highest BCUT2D eigenvalue weighted by molar-refractivity contribution is 7.91. The highest BCUT2D eigenvalue weighted by Crippen LogP contribution is 2.19. The fourth-order valence-electron chi connectivity index (χ4n) is 0.970. The van der Waals surface area contributed by atoms with Crippen LogP contribution in [0.4, 0.5) is 5.13 Å². The lowest BCUT2D eigenvalue weighted by molar-refractivity contribution is 0.565. The predicted molar refractivity (Wildman–Crippen MR) is 70.1 cm³/mol. The van der Waals surface area contributed by atoms with Crippen LogP contribution in [0.15, 0.2) is 5.38 Å². The second-order valence-corrected chi connectivity index (χ2v) is 6.57. The molecule has 17 heavy (non-hydrogen) atoms. The molecule has 0 aliphatic carbocycles. The molecule has 0 saturated heterocycles. The van der Waals surface area contributed by atoms with Gasteiger partial charge in [-0.3, -0.25) is 0 Å². The predicted octanol–water partition coefficient (Wildman–Crippen LogP) is 1.07. The van der Waals surface area contributed by atoms with Gasteiger partial charge in [0.2, 0.25) is 0 Å². The van der Waals surface area contributed by atoms with Crippen molar-refractivity contribution >= 4 is 26.7 Å². The normalized spacial score (nSPS) is 13.9. The zero-order valence-corrected chi connectivity index (χ0v) is 11.7. The van der Waals surface area contributed by atoms with Gasteiger partial charge in [0.25, 0.3) is 0 Å². The Morgan fingerprint density at radius 2 is 2.12 bits per heavy atom. The van der Waals surface area contributed by atoms with Crippen LogP contribution in [-0.4, -0.2) is 19.9 Å². The van der Waals surface area contributed by atoms with E-state index in [0.29, 0.717) is 17.4 Å². The largest absolute Gasteiger partial charge is 0.323 e. The number of hydrogen-bond acceptors (Lipinski definition) is 5. The van der Waals surface area contributed by atoms with Crippen LogP contribution in [0.5, 0.6) is 0 Å². The van der Waals surface area contributed by atoms with Crippen molar-refractivity contribution in [2.75, 3.05) is 11.3 Å². The summed E-state index contributed by atoms with van der Waals surface area (Å²) in [6.07, 6.45) is 0. The molecule has 1 aromatic rings. The summed E-state index contributed by atoms with van der Waals surface area (Å²) in [4.78, 5) is 4.09. The first-order valence-corrected chi connectivity index (χ1v) is 7.65. The van der Waals surface area contributed by atoms with E-state index in [1.54, 1.807) is 12.3 Å². The third-order valence-corrected chi connectivity index (χ3v) is 3.81. The quantitative estimate of drug-likeness (QED) is 0.725. The Morgan fingerprint density at radius 3 is 2.59 bits per heavy atom. The first-order chi connectivity index (χ1) is 7.80. The van der Waals surface area contributed by atoms with Gasteiger partial charge in [-0.1, -0.05) is 13.8 Å². The molecule has 1 atom stereocenters. The molecular weight excluding hydrogens is 260 g/mol. The molecule has 98 valence electrons. The molecule has 0 aromatic carbocycles. The second-order valence-electron chi connectivity index (χ2n) is 4.21. The monoisotopic (exact) mass is 278 g/mol. The van der Waals surface area contributed by atoms with Gasteiger partial charge in [-0.2, -0.15) is 13.1 Å². The average Bonchev–Trinajstić information content (AvgIpc) is 2.63. The summed E-state index contributed by atoms with van der Waals surface area (Å²) in [5, 5.41) is 2.07. The van der Waals surface area contributed by atoms with Crippen LogP contribution in [0.25, 0.3) is 0 Å². The first-order valence-electron chi connectivity index (χ1n) is 5.28. The number of hydrogen-bond donors (Lipinski definition) is 3. The molecule has 1 heterocycles. The third-order valence-electron chi connectivity index (χ3n) is 1.89. The summed E-state index contributed by atoms with van der Waals surface area (Å²) in [6.45, 7) is 6.05. The molecule has 0 aliphatic heterocycles. The van der Waals surface area contributed by atoms with Crippen LogP contribution in [0, 0.1) is 5.92 Å². The van der Waals surface area contributed by atoms with E-state index >= 15 is 0 Å². The Balaban J connectivity index is 2.63. The molecule has 0 spiro atoms. The minimum absolute atomic E-state index is 0.201. The van der Waals surface area contributed by atoms with E-state index in [-0.39, 0.29) is 12.0 Å². The van der Waals surface area contributed by atoms with E-state index < -0.39 is 10.2 Å². The Kier molecular flexibility index (Phi) is 4.87. The molecule has 1 unspecified atom stereocenters. The van der Waals surface area contributed by atoms with Crippen LogP contribution >= 0.6 is 11.3 Å². The van der Waals surface area contributed by atoms with Crippen molar-refractivity contribution in [1.29, 1.82) is 0 Å². The molecule has 1 aromatic heterocycles. The number of rotatable bonds is 6. The molecular formula is C9H18N4O2S2. The molecule has 1 rings (SSSR count). The lowest BCUT2D eigenvalue weighted by Gasteiger charge is -2.08. The highest BCUT2D eigenvalue weighted by Gasteiger charge is 2.13. The number of aromatic nitrogens is 1. The zero-order valence-electron chi connectivity index (χ0n) is 10.1. The van der Waals surface area contributed by atoms with E-state index in [2.05, 4.69) is 14.4 Å². The SMILES string of the molecule is CC(C)CNS(=O)(=O)Nc1nc(C(C)N)cs1. The molecule has 0 amide bonds. The van der Waals surface area contributed by atoms with Gasteiger partial charge < -0.3 is 5.73 Å². The number of anilines is 1. The topological polar surface area (TPSA) is 97.1 Å². The summed E-state index contributed by atoms with van der Waals surface area (Å²) < 4.78 is 28.0. The maximum atomic E-state index is 11.6. The standard InChI is InChI=1S/C9H18N4O2S2/c1-6(2)4-11-17(14,15)13-9-12-8(5-16-9)7(3)10/h5-7,11H,4,10H2,1-3H3,(H,12,13). The van der Waals surface area contributed by atoms with Gasteiger partial charge in [0.05, 0.1) is 5.69 Å². The molecule has 6 nitrogen and oxygen atoms in total. The minimum Gasteiger partial charge on any atom is -0.323 e. The summed E-state index contributed by atoms with van der Waals surface area (Å²) in [6, 6.07) is -0.201. The van der Waals surface area contributed by atoms with Crippen molar-refractivity contribution in [2.45, 2.75) is 26.8 Å². The lowest BCUT2D eigenvalue weighted by atomic mass is 10.2. The molecule has 0 fully saturated rings. The van der Waals surface area contributed by atoms with E-state index in [0.717, 1.165) is 0 Å². The molecule has 0 radical (unpaired) electrons. The van der Waals surface area contributed by atoms with Crippen molar-refractivity contribution in [3.8, 4) is 0 Å². The van der Waals surface area contributed by atoms with E-state index in [4.69, 9.17) is 5.73 Å². The fraction of sp³-hybridized carbons (Fsp3) is 0.667. The van der Waals surface area contributed by atoms with Gasteiger partial charge in [0, 0.05) is 18.0 Å². The smallest absolute Gasteiger partial charge is 0.300 e. The molecule has 8 heteroatoms. The second kappa shape index (κ2) is 5.76. The molecule has 0 saturated carbocycles. The van der Waals surface area contributed by atoms with Crippen LogP contribution in [0.2, 0.25) is 0 Å². The Bertz CT molecular complexity index is 453. The number of nitrogens with one attached hydrogen (secondary N) is 2. The minimum atomic E-state index is -3.53.